The summed E-state index contributed by atoms with van der Waals surface area (Å²) in [6, 6.07) is 10.1. The fraction of sp³-hybridized carbons (Fsp3) is 0. The van der Waals surface area contributed by atoms with Crippen LogP contribution in [0.15, 0.2) is 67.2 Å². The van der Waals surface area contributed by atoms with Gasteiger partial charge in [0.25, 0.3) is 0 Å². The Morgan fingerprint density at radius 3 is 2.38 bits per heavy atom. The molecule has 0 amide bonds. The van der Waals surface area contributed by atoms with Gasteiger partial charge in [0.15, 0.2) is 7.28 Å². The van der Waals surface area contributed by atoms with Gasteiger partial charge in [-0.3, -0.25) is 0 Å². The van der Waals surface area contributed by atoms with Crippen molar-refractivity contribution in [1.29, 1.82) is 0 Å². The highest BCUT2D eigenvalue weighted by Crippen LogP contribution is 1.94. The third-order valence-corrected chi connectivity index (χ3v) is 1.68. The van der Waals surface area contributed by atoms with Crippen molar-refractivity contribution in [2.24, 2.45) is 0 Å². The van der Waals surface area contributed by atoms with Crippen molar-refractivity contribution in [3.8, 4) is 0 Å². The molecule has 63 valence electrons. The molecule has 0 N–H and O–H groups in total. The quantitative estimate of drug-likeness (QED) is 0.476. The summed E-state index contributed by atoms with van der Waals surface area (Å²) < 4.78 is 0. The average molecular weight is 167 g/mol. The Kier molecular flexibility index (Phi) is 3.84. The van der Waals surface area contributed by atoms with E-state index in [1.165, 1.54) is 5.46 Å². The van der Waals surface area contributed by atoms with Crippen molar-refractivity contribution in [2.75, 3.05) is 0 Å². The maximum atomic E-state index is 3.73. The van der Waals surface area contributed by atoms with E-state index in [0.29, 0.717) is 0 Å². The van der Waals surface area contributed by atoms with Gasteiger partial charge in [0.1, 0.15) is 0 Å². The van der Waals surface area contributed by atoms with Gasteiger partial charge in [0, 0.05) is 0 Å². The van der Waals surface area contributed by atoms with Crippen LogP contribution < -0.4 is 5.46 Å². The number of rotatable bonds is 4. The molecule has 0 spiro atoms. The molecular formula is C12H12B. The molecule has 0 heterocycles. The van der Waals surface area contributed by atoms with Crippen LogP contribution in [-0.4, -0.2) is 7.28 Å². The van der Waals surface area contributed by atoms with Crippen LogP contribution in [0.2, 0.25) is 0 Å². The zero-order chi connectivity index (χ0) is 9.52. The first-order chi connectivity index (χ1) is 6.36. The molecule has 1 radical (unpaired) electrons. The van der Waals surface area contributed by atoms with Crippen molar-refractivity contribution < 1.29 is 0 Å². The second-order valence-corrected chi connectivity index (χ2v) is 2.66. The summed E-state index contributed by atoms with van der Waals surface area (Å²) in [4.78, 5) is 0. The number of hydrogen-bond donors (Lipinski definition) is 0. The molecule has 1 aromatic carbocycles. The summed E-state index contributed by atoms with van der Waals surface area (Å²) in [6.45, 7) is 7.37. The normalized spacial score (nSPS) is 10.6. The van der Waals surface area contributed by atoms with E-state index < -0.39 is 0 Å². The van der Waals surface area contributed by atoms with Gasteiger partial charge in [-0.1, -0.05) is 72.7 Å². The third-order valence-electron chi connectivity index (χ3n) is 1.68. The van der Waals surface area contributed by atoms with Crippen LogP contribution in [-0.2, 0) is 0 Å². The van der Waals surface area contributed by atoms with E-state index in [0.717, 1.165) is 5.47 Å². The van der Waals surface area contributed by atoms with Gasteiger partial charge in [-0.2, -0.15) is 0 Å². The topological polar surface area (TPSA) is 0 Å². The maximum absolute atomic E-state index is 3.73. The molecule has 0 saturated heterocycles. The molecule has 1 aromatic rings. The zero-order valence-corrected chi connectivity index (χ0v) is 7.61. The monoisotopic (exact) mass is 167 g/mol. The summed E-state index contributed by atoms with van der Waals surface area (Å²) in [5, 5.41) is 0. The fourth-order valence-corrected chi connectivity index (χ4v) is 1.05. The van der Waals surface area contributed by atoms with E-state index in [4.69, 9.17) is 0 Å². The van der Waals surface area contributed by atoms with E-state index in [-0.39, 0.29) is 0 Å². The van der Waals surface area contributed by atoms with Crippen LogP contribution in [0.5, 0.6) is 0 Å². The van der Waals surface area contributed by atoms with Crippen molar-refractivity contribution in [1.82, 2.24) is 0 Å². The number of benzene rings is 1. The molecule has 0 saturated carbocycles. The van der Waals surface area contributed by atoms with E-state index in [9.17, 15) is 0 Å². The van der Waals surface area contributed by atoms with Crippen molar-refractivity contribution in [3.05, 3.63) is 67.2 Å². The largest absolute Gasteiger partial charge is 0.191 e. The first-order valence-electron chi connectivity index (χ1n) is 4.22. The minimum Gasteiger partial charge on any atom is -0.0996 e. The van der Waals surface area contributed by atoms with Gasteiger partial charge in [-0.15, -0.1) is 0 Å². The van der Waals surface area contributed by atoms with Crippen LogP contribution in [0.25, 0.3) is 0 Å². The van der Waals surface area contributed by atoms with Gasteiger partial charge in [-0.05, 0) is 0 Å². The Labute approximate surface area is 80.5 Å². The van der Waals surface area contributed by atoms with E-state index in [1.807, 2.05) is 30.4 Å². The van der Waals surface area contributed by atoms with Crippen LogP contribution in [0.4, 0.5) is 0 Å². The average Bonchev–Trinajstić information content (AvgIpc) is 2.19. The van der Waals surface area contributed by atoms with Gasteiger partial charge >= 0.3 is 0 Å². The first kappa shape index (κ1) is 9.59. The standard InChI is InChI=1S/C12H12B/c1-3-8-11(4-2)13-12-9-6-5-7-10-12/h3-10H,1-2H2/b11-8+. The lowest BCUT2D eigenvalue weighted by Crippen LogP contribution is -2.14. The molecule has 1 heteroatoms. The predicted molar refractivity (Wildman–Crippen MR) is 60.3 cm³/mol. The second-order valence-electron chi connectivity index (χ2n) is 2.66. The lowest BCUT2D eigenvalue weighted by atomic mass is 9.63. The molecule has 0 fully saturated rings. The first-order valence-corrected chi connectivity index (χ1v) is 4.22. The molecule has 0 aliphatic rings. The van der Waals surface area contributed by atoms with Crippen LogP contribution in [0.3, 0.4) is 0 Å². The summed E-state index contributed by atoms with van der Waals surface area (Å²) >= 11 is 0. The molecule has 0 unspecified atom stereocenters. The van der Waals surface area contributed by atoms with Crippen molar-refractivity contribution in [2.45, 2.75) is 0 Å². The van der Waals surface area contributed by atoms with E-state index in [1.54, 1.807) is 6.08 Å². The molecule has 0 atom stereocenters. The lowest BCUT2D eigenvalue weighted by molar-refractivity contribution is 1.76. The highest BCUT2D eigenvalue weighted by Gasteiger charge is 1.95. The van der Waals surface area contributed by atoms with Gasteiger partial charge in [0.05, 0.1) is 0 Å². The lowest BCUT2D eigenvalue weighted by Gasteiger charge is -1.98. The van der Waals surface area contributed by atoms with Gasteiger partial charge in [0.2, 0.25) is 0 Å². The molecule has 0 aromatic heterocycles. The smallest absolute Gasteiger partial charge is 0.0996 e. The van der Waals surface area contributed by atoms with Crippen LogP contribution >= 0.6 is 0 Å². The molecule has 1 rings (SSSR count). The molecule has 13 heavy (non-hydrogen) atoms. The van der Waals surface area contributed by atoms with E-state index in [2.05, 4.69) is 32.6 Å². The number of hydrogen-bond acceptors (Lipinski definition) is 0. The fourth-order valence-electron chi connectivity index (χ4n) is 1.05. The molecule has 0 aliphatic heterocycles. The minimum atomic E-state index is 1.07. The minimum absolute atomic E-state index is 1.07. The number of allylic oxidation sites excluding steroid dienone is 4. The Morgan fingerprint density at radius 1 is 1.15 bits per heavy atom. The highest BCUT2D eigenvalue weighted by molar-refractivity contribution is 6.61. The summed E-state index contributed by atoms with van der Waals surface area (Å²) in [5.41, 5.74) is 2.25. The SMILES string of the molecule is C=C/C=C(/[B]c1ccccc1)C=C. The second kappa shape index (κ2) is 5.20. The Bertz CT molecular complexity index is 309. The Morgan fingerprint density at radius 2 is 1.85 bits per heavy atom. The Balaban J connectivity index is 2.73. The third kappa shape index (κ3) is 3.16. The van der Waals surface area contributed by atoms with Gasteiger partial charge in [-0.25, -0.2) is 0 Å². The van der Waals surface area contributed by atoms with Crippen molar-refractivity contribution in [3.63, 3.8) is 0 Å². The molecule has 0 aliphatic carbocycles. The molecule has 0 bridgehead atoms. The summed E-state index contributed by atoms with van der Waals surface area (Å²) in [5.74, 6) is 0. The van der Waals surface area contributed by atoms with E-state index >= 15 is 0 Å². The zero-order valence-electron chi connectivity index (χ0n) is 7.61. The molecular weight excluding hydrogens is 155 g/mol. The maximum Gasteiger partial charge on any atom is 0.191 e. The Hall–Kier alpha value is -1.50. The van der Waals surface area contributed by atoms with Crippen LogP contribution in [0.1, 0.15) is 0 Å². The van der Waals surface area contributed by atoms with Gasteiger partial charge < -0.3 is 0 Å². The summed E-state index contributed by atoms with van der Waals surface area (Å²) in [6.07, 6.45) is 5.51. The van der Waals surface area contributed by atoms with Crippen molar-refractivity contribution >= 4 is 12.7 Å². The summed E-state index contributed by atoms with van der Waals surface area (Å²) in [7, 11) is 2.06. The predicted octanol–water partition coefficient (Wildman–Crippen LogP) is 2.27. The van der Waals surface area contributed by atoms with Crippen LogP contribution in [0, 0.1) is 0 Å². The molecule has 0 nitrogen and oxygen atoms in total. The highest BCUT2D eigenvalue weighted by atomic mass is 13.8.